The molecule has 10 heteroatoms. The normalized spacial score (nSPS) is 11.9. The lowest BCUT2D eigenvalue weighted by molar-refractivity contribution is 0.0942. The third kappa shape index (κ3) is 3.71. The number of fused-ring (bicyclic) bond motifs is 2. The average molecular weight is 490 g/mol. The van der Waals surface area contributed by atoms with E-state index < -0.39 is 15.7 Å². The summed E-state index contributed by atoms with van der Waals surface area (Å²) < 4.78 is 29.9. The van der Waals surface area contributed by atoms with Gasteiger partial charge in [-0.05, 0) is 48.9 Å². The summed E-state index contributed by atoms with van der Waals surface area (Å²) in [5.41, 5.74) is 2.93. The fourth-order valence-corrected chi connectivity index (χ4v) is 5.84. The minimum atomic E-state index is -3.85. The van der Waals surface area contributed by atoms with Crippen molar-refractivity contribution in [1.82, 2.24) is 24.6 Å². The number of H-pyrrole nitrogens is 1. The number of pyridine rings is 1. The van der Waals surface area contributed by atoms with Gasteiger partial charge in [-0.1, -0.05) is 12.1 Å². The molecule has 0 spiro atoms. The van der Waals surface area contributed by atoms with Crippen LogP contribution in [-0.2, 0) is 30.5 Å². The smallest absolute Gasteiger partial charge is 0.268 e. The second-order valence-electron chi connectivity index (χ2n) is 8.42. The van der Waals surface area contributed by atoms with Crippen molar-refractivity contribution >= 4 is 37.6 Å². The molecule has 0 fully saturated rings. The minimum absolute atomic E-state index is 0.0770. The van der Waals surface area contributed by atoms with Crippen molar-refractivity contribution in [1.29, 1.82) is 0 Å². The Kier molecular flexibility index (Phi) is 5.32. The first-order valence-corrected chi connectivity index (χ1v) is 12.4. The Hall–Kier alpha value is -4.18. The summed E-state index contributed by atoms with van der Waals surface area (Å²) in [6.07, 6.45) is 1.57. The van der Waals surface area contributed by atoms with Gasteiger partial charge in [-0.2, -0.15) is 5.10 Å². The summed E-state index contributed by atoms with van der Waals surface area (Å²) in [4.78, 5) is 25.2. The summed E-state index contributed by atoms with van der Waals surface area (Å²) in [6.45, 7) is 1.89. The molecule has 178 valence electrons. The largest absolute Gasteiger partial charge is 0.347 e. The van der Waals surface area contributed by atoms with Crippen LogP contribution in [0, 0.1) is 6.92 Å². The molecule has 3 heterocycles. The van der Waals surface area contributed by atoms with Crippen LogP contribution in [-0.4, -0.2) is 33.7 Å². The van der Waals surface area contributed by atoms with Crippen LogP contribution in [0.1, 0.15) is 21.7 Å². The molecule has 5 aromatic rings. The molecule has 5 rings (SSSR count). The molecule has 0 bridgehead atoms. The van der Waals surface area contributed by atoms with Crippen LogP contribution >= 0.6 is 0 Å². The molecule has 9 nitrogen and oxygen atoms in total. The maximum atomic E-state index is 13.4. The monoisotopic (exact) mass is 489 g/mol. The van der Waals surface area contributed by atoms with E-state index in [0.29, 0.717) is 11.1 Å². The highest BCUT2D eigenvalue weighted by atomic mass is 32.2. The van der Waals surface area contributed by atoms with E-state index in [1.54, 1.807) is 54.5 Å². The van der Waals surface area contributed by atoms with Gasteiger partial charge in [-0.3, -0.25) is 14.7 Å². The third-order valence-corrected chi connectivity index (χ3v) is 8.30. The summed E-state index contributed by atoms with van der Waals surface area (Å²) in [5.74, 6) is -0.399. The molecule has 3 aromatic heterocycles. The molecule has 0 atom stereocenters. The number of carbonyl (C=O) groups is 1. The molecule has 2 aromatic carbocycles. The zero-order valence-corrected chi connectivity index (χ0v) is 20.2. The fourth-order valence-electron chi connectivity index (χ4n) is 4.27. The number of hydrogen-bond donors (Lipinski definition) is 2. The van der Waals surface area contributed by atoms with Crippen molar-refractivity contribution in [2.24, 2.45) is 14.1 Å². The topological polar surface area (TPSA) is 119 Å². The number of benzene rings is 2. The molecule has 0 aliphatic carbocycles. The quantitative estimate of drug-likeness (QED) is 0.394. The number of sulfone groups is 1. The highest BCUT2D eigenvalue weighted by molar-refractivity contribution is 7.91. The summed E-state index contributed by atoms with van der Waals surface area (Å²) >= 11 is 0. The van der Waals surface area contributed by atoms with Gasteiger partial charge >= 0.3 is 0 Å². The summed E-state index contributed by atoms with van der Waals surface area (Å²) in [5, 5.41) is 11.2. The highest BCUT2D eigenvalue weighted by Crippen LogP contribution is 2.28. The minimum Gasteiger partial charge on any atom is -0.347 e. The number of amides is 1. The number of nitrogens with one attached hydrogen (secondary N) is 2. The van der Waals surface area contributed by atoms with Crippen LogP contribution in [0.2, 0.25) is 0 Å². The predicted octanol–water partition coefficient (Wildman–Crippen LogP) is 2.82. The average Bonchev–Trinajstić information content (AvgIpc) is 3.44. The fraction of sp³-hybridized carbons (Fsp3) is 0.160. The first kappa shape index (κ1) is 22.6. The predicted molar refractivity (Wildman–Crippen MR) is 132 cm³/mol. The second kappa shape index (κ2) is 8.24. The molecule has 0 saturated heterocycles. The molecule has 0 aliphatic heterocycles. The second-order valence-corrected chi connectivity index (χ2v) is 10.3. The molecule has 35 heavy (non-hydrogen) atoms. The number of aryl methyl sites for hydroxylation is 1. The van der Waals surface area contributed by atoms with Crippen LogP contribution in [0.3, 0.4) is 0 Å². The van der Waals surface area contributed by atoms with Crippen molar-refractivity contribution in [3.63, 3.8) is 0 Å². The zero-order valence-electron chi connectivity index (χ0n) is 19.4. The first-order valence-electron chi connectivity index (χ1n) is 10.9. The Bertz CT molecular complexity index is 1790. The first-order chi connectivity index (χ1) is 16.7. The van der Waals surface area contributed by atoms with E-state index in [-0.39, 0.29) is 27.6 Å². The lowest BCUT2D eigenvalue weighted by atomic mass is 10.1. The van der Waals surface area contributed by atoms with Gasteiger partial charge in [0.25, 0.3) is 11.5 Å². The van der Waals surface area contributed by atoms with Crippen molar-refractivity contribution < 1.29 is 13.2 Å². The number of rotatable bonds is 5. The Morgan fingerprint density at radius 1 is 1.06 bits per heavy atom. The maximum absolute atomic E-state index is 13.4. The maximum Gasteiger partial charge on any atom is 0.268 e. The Labute approximate surface area is 200 Å². The van der Waals surface area contributed by atoms with Gasteiger partial charge in [0.15, 0.2) is 0 Å². The van der Waals surface area contributed by atoms with Crippen LogP contribution < -0.4 is 10.9 Å². The molecule has 2 N–H and O–H groups in total. The van der Waals surface area contributed by atoms with E-state index in [1.165, 1.54) is 18.2 Å². The Morgan fingerprint density at radius 3 is 2.66 bits per heavy atom. The van der Waals surface area contributed by atoms with Crippen LogP contribution in [0.25, 0.3) is 21.8 Å². The molecule has 1 amide bonds. The lowest BCUT2D eigenvalue weighted by Crippen LogP contribution is -2.25. The number of nitrogens with zero attached hydrogens (tertiary/aromatic N) is 3. The van der Waals surface area contributed by atoms with Gasteiger partial charge in [0.2, 0.25) is 9.84 Å². The number of hydrogen-bond acceptors (Lipinski definition) is 5. The summed E-state index contributed by atoms with van der Waals surface area (Å²) in [6, 6.07) is 15.0. The third-order valence-electron chi connectivity index (χ3n) is 6.43. The van der Waals surface area contributed by atoms with Crippen molar-refractivity contribution in [3.05, 3.63) is 88.1 Å². The standard InChI is InChI=1S/C25H23N5O4S/c1-15-23(35(33,34)18-7-9-20-17(11-18)14-27-28-20)12-22(29(15)2)25(32)26-13-16-5-4-6-21-19(16)8-10-24(31)30(21)3/h4-12,14H,13H2,1-3H3,(H,26,32)(H,27,28). The number of carbonyl (C=O) groups excluding carboxylic acids is 1. The molecule has 0 radical (unpaired) electrons. The Morgan fingerprint density at radius 2 is 1.86 bits per heavy atom. The van der Waals surface area contributed by atoms with Gasteiger partial charge in [-0.25, -0.2) is 8.42 Å². The van der Waals surface area contributed by atoms with Crippen molar-refractivity contribution in [3.8, 4) is 0 Å². The summed E-state index contributed by atoms with van der Waals surface area (Å²) in [7, 11) is -0.490. The van der Waals surface area contributed by atoms with E-state index in [0.717, 1.165) is 22.0 Å². The highest BCUT2D eigenvalue weighted by Gasteiger charge is 2.26. The molecule has 0 unspecified atom stereocenters. The van der Waals surface area contributed by atoms with Gasteiger partial charge in [0.1, 0.15) is 5.69 Å². The van der Waals surface area contributed by atoms with Crippen LogP contribution in [0.15, 0.2) is 75.4 Å². The van der Waals surface area contributed by atoms with E-state index in [9.17, 15) is 18.0 Å². The van der Waals surface area contributed by atoms with Crippen LogP contribution in [0.5, 0.6) is 0 Å². The van der Waals surface area contributed by atoms with E-state index in [2.05, 4.69) is 15.5 Å². The van der Waals surface area contributed by atoms with E-state index >= 15 is 0 Å². The molecule has 0 saturated carbocycles. The van der Waals surface area contributed by atoms with Gasteiger partial charge in [0.05, 0.1) is 27.0 Å². The van der Waals surface area contributed by atoms with Crippen molar-refractivity contribution in [2.75, 3.05) is 0 Å². The van der Waals surface area contributed by atoms with E-state index in [4.69, 9.17) is 0 Å². The lowest BCUT2D eigenvalue weighted by Gasteiger charge is -2.11. The Balaban J connectivity index is 1.45. The molecule has 0 aliphatic rings. The number of aromatic amines is 1. The van der Waals surface area contributed by atoms with Crippen LogP contribution in [0.4, 0.5) is 0 Å². The molecular weight excluding hydrogens is 466 g/mol. The zero-order chi connectivity index (χ0) is 24.9. The van der Waals surface area contributed by atoms with Gasteiger partial charge < -0.3 is 14.5 Å². The molecular formula is C25H23N5O4S. The van der Waals surface area contributed by atoms with Gasteiger partial charge in [0, 0.05) is 43.2 Å². The SMILES string of the molecule is Cc1c(S(=O)(=O)c2ccc3[nH]ncc3c2)cc(C(=O)NCc2cccc3c2ccc(=O)n3C)n1C. The van der Waals surface area contributed by atoms with Crippen molar-refractivity contribution in [2.45, 2.75) is 23.3 Å². The van der Waals surface area contributed by atoms with E-state index in [1.807, 2.05) is 18.2 Å². The van der Waals surface area contributed by atoms with Gasteiger partial charge in [-0.15, -0.1) is 0 Å². The number of aromatic nitrogens is 4.